The molecule has 0 spiro atoms. The smallest absolute Gasteiger partial charge is 0.255 e. The number of aromatic nitrogens is 3. The van der Waals surface area contributed by atoms with E-state index in [-0.39, 0.29) is 31.6 Å². The summed E-state index contributed by atoms with van der Waals surface area (Å²) >= 11 is 1.49. The van der Waals surface area contributed by atoms with Crippen LogP contribution in [0.15, 0.2) is 54.7 Å². The summed E-state index contributed by atoms with van der Waals surface area (Å²) in [5.41, 5.74) is 2.36. The lowest BCUT2D eigenvalue weighted by Gasteiger charge is -2.27. The number of hydrogen-bond acceptors (Lipinski definition) is 9. The van der Waals surface area contributed by atoms with Crippen LogP contribution in [0.5, 0.6) is 5.75 Å². The first-order valence-corrected chi connectivity index (χ1v) is 16.1. The Hall–Kier alpha value is -4.43. The summed E-state index contributed by atoms with van der Waals surface area (Å²) in [7, 11) is 0. The van der Waals surface area contributed by atoms with Crippen molar-refractivity contribution in [1.29, 1.82) is 0 Å². The van der Waals surface area contributed by atoms with Gasteiger partial charge in [0.25, 0.3) is 5.91 Å². The second-order valence-electron chi connectivity index (χ2n) is 10.8. The molecule has 1 aromatic heterocycles. The van der Waals surface area contributed by atoms with Crippen LogP contribution in [0.25, 0.3) is 0 Å². The zero-order valence-corrected chi connectivity index (χ0v) is 26.3. The highest BCUT2D eigenvalue weighted by atomic mass is 32.2. The van der Waals surface area contributed by atoms with Gasteiger partial charge in [-0.25, -0.2) is 4.68 Å². The molecule has 240 valence electrons. The van der Waals surface area contributed by atoms with Crippen LogP contribution in [0, 0.1) is 6.92 Å². The molecule has 4 amide bonds. The number of aliphatic hydroxyl groups excluding tert-OH is 1. The van der Waals surface area contributed by atoms with E-state index in [0.717, 1.165) is 11.1 Å². The summed E-state index contributed by atoms with van der Waals surface area (Å²) in [5.74, 6) is -1.53. The van der Waals surface area contributed by atoms with Gasteiger partial charge >= 0.3 is 0 Å². The standard InChI is InChI=1S/C31H39N7O6S/c1-19-9-10-26-23(15-19)28(40)33-24(11-14-45-3)30(42)35-27(20(2)39)31(43)34-25(16-21-7-5-4-6-8-21)29(41)32-17-22-18-38(37-36-22)12-13-44-26/h4-10,15,18,20,24-25,27,39H,11-14,16-17H2,1-3H3,(H,32,41)(H,33,40)(H,34,43)(H,35,42)/t20-,24-,25-,27+/m1/s1. The van der Waals surface area contributed by atoms with Crippen LogP contribution in [0.4, 0.5) is 0 Å². The lowest BCUT2D eigenvalue weighted by Crippen LogP contribution is -2.60. The van der Waals surface area contributed by atoms with E-state index in [2.05, 4.69) is 31.6 Å². The van der Waals surface area contributed by atoms with Crippen LogP contribution < -0.4 is 26.0 Å². The molecule has 4 atom stereocenters. The van der Waals surface area contributed by atoms with Crippen LogP contribution in [-0.2, 0) is 33.9 Å². The molecule has 1 aliphatic rings. The molecule has 2 aromatic carbocycles. The zero-order chi connectivity index (χ0) is 32.3. The molecule has 2 heterocycles. The van der Waals surface area contributed by atoms with Gasteiger partial charge < -0.3 is 31.1 Å². The van der Waals surface area contributed by atoms with Gasteiger partial charge in [0.05, 0.1) is 31.0 Å². The molecular weight excluding hydrogens is 598 g/mol. The highest BCUT2D eigenvalue weighted by molar-refractivity contribution is 7.98. The Bertz CT molecular complexity index is 1480. The second-order valence-corrected chi connectivity index (χ2v) is 11.8. The summed E-state index contributed by atoms with van der Waals surface area (Å²) in [6.07, 6.45) is 2.66. The Morgan fingerprint density at radius 2 is 1.80 bits per heavy atom. The topological polar surface area (TPSA) is 177 Å². The monoisotopic (exact) mass is 637 g/mol. The largest absolute Gasteiger partial charge is 0.491 e. The fraction of sp³-hybridized carbons (Fsp3) is 0.419. The molecule has 0 saturated carbocycles. The summed E-state index contributed by atoms with van der Waals surface area (Å²) < 4.78 is 7.51. The van der Waals surface area contributed by atoms with Gasteiger partial charge in [0, 0.05) is 6.42 Å². The number of carbonyl (C=O) groups excluding carboxylic acids is 4. The molecule has 0 fully saturated rings. The van der Waals surface area contributed by atoms with E-state index in [9.17, 15) is 24.3 Å². The number of fused-ring (bicyclic) bond motifs is 3. The number of amides is 4. The normalized spacial score (nSPS) is 20.8. The molecule has 2 bridgehead atoms. The number of ether oxygens (including phenoxy) is 1. The van der Waals surface area contributed by atoms with Crippen molar-refractivity contribution < 1.29 is 29.0 Å². The third-order valence-electron chi connectivity index (χ3n) is 7.20. The van der Waals surface area contributed by atoms with Crippen molar-refractivity contribution >= 4 is 35.4 Å². The van der Waals surface area contributed by atoms with E-state index in [1.807, 2.05) is 49.6 Å². The van der Waals surface area contributed by atoms with Gasteiger partial charge in [-0.2, -0.15) is 11.8 Å². The first-order chi connectivity index (χ1) is 21.6. The zero-order valence-electron chi connectivity index (χ0n) is 25.5. The fourth-order valence-electron chi connectivity index (χ4n) is 4.75. The highest BCUT2D eigenvalue weighted by Crippen LogP contribution is 2.21. The summed E-state index contributed by atoms with van der Waals surface area (Å²) in [6, 6.07) is 10.9. The van der Waals surface area contributed by atoms with Crippen molar-refractivity contribution in [2.45, 2.75) is 64.0 Å². The van der Waals surface area contributed by atoms with Crippen LogP contribution in [0.2, 0.25) is 0 Å². The number of hydrogen-bond donors (Lipinski definition) is 5. The van der Waals surface area contributed by atoms with Crippen molar-refractivity contribution in [2.75, 3.05) is 18.6 Å². The molecule has 45 heavy (non-hydrogen) atoms. The second kappa shape index (κ2) is 16.0. The molecule has 5 N–H and O–H groups in total. The number of carbonyl (C=O) groups is 4. The van der Waals surface area contributed by atoms with E-state index < -0.39 is 47.9 Å². The Morgan fingerprint density at radius 1 is 1.02 bits per heavy atom. The highest BCUT2D eigenvalue weighted by Gasteiger charge is 2.33. The van der Waals surface area contributed by atoms with E-state index in [0.29, 0.717) is 23.7 Å². The number of aryl methyl sites for hydroxylation is 1. The Morgan fingerprint density at radius 3 is 2.53 bits per heavy atom. The molecule has 0 saturated heterocycles. The SMILES string of the molecule is CSCC[C@H]1NC(=O)c2cc(C)ccc2OCCn2cc(nn2)CNC(=O)[C@@H](Cc2ccccc2)NC(=O)[C@H]([C@@H](C)O)NC1=O. The number of nitrogens with one attached hydrogen (secondary N) is 4. The average molecular weight is 638 g/mol. The van der Waals surface area contributed by atoms with Crippen molar-refractivity contribution in [1.82, 2.24) is 36.3 Å². The number of aliphatic hydroxyl groups is 1. The van der Waals surface area contributed by atoms with Crippen molar-refractivity contribution in [3.05, 3.63) is 77.1 Å². The van der Waals surface area contributed by atoms with Crippen LogP contribution >= 0.6 is 11.8 Å². The lowest BCUT2D eigenvalue weighted by atomic mass is 10.0. The Balaban J connectivity index is 1.66. The van der Waals surface area contributed by atoms with Gasteiger partial charge in [0.2, 0.25) is 17.7 Å². The Labute approximate surface area is 265 Å². The number of benzene rings is 2. The Kier molecular flexibility index (Phi) is 11.9. The first-order valence-electron chi connectivity index (χ1n) is 14.7. The van der Waals surface area contributed by atoms with Crippen molar-refractivity contribution in [2.24, 2.45) is 0 Å². The van der Waals surface area contributed by atoms with Crippen LogP contribution in [0.1, 0.15) is 40.5 Å². The third kappa shape index (κ3) is 9.53. The molecule has 4 rings (SSSR count). The quantitative estimate of drug-likeness (QED) is 0.261. The maximum atomic E-state index is 13.5. The minimum absolute atomic E-state index is 0.0524. The lowest BCUT2D eigenvalue weighted by molar-refractivity contribution is -0.134. The maximum Gasteiger partial charge on any atom is 0.255 e. The van der Waals surface area contributed by atoms with Gasteiger partial charge in [-0.1, -0.05) is 47.2 Å². The molecule has 0 unspecified atom stereocenters. The molecule has 1 aliphatic heterocycles. The number of thioether (sulfide) groups is 1. The van der Waals surface area contributed by atoms with E-state index in [1.165, 1.54) is 18.7 Å². The number of nitrogens with zero attached hydrogens (tertiary/aromatic N) is 3. The summed E-state index contributed by atoms with van der Waals surface area (Å²) in [5, 5.41) is 29.6. The van der Waals surface area contributed by atoms with E-state index in [4.69, 9.17) is 4.74 Å². The maximum absolute atomic E-state index is 13.5. The summed E-state index contributed by atoms with van der Waals surface area (Å²) in [6.45, 7) is 3.76. The molecule has 3 aromatic rings. The predicted molar refractivity (Wildman–Crippen MR) is 168 cm³/mol. The molecule has 13 nitrogen and oxygen atoms in total. The molecule has 14 heteroatoms. The molecule has 0 aliphatic carbocycles. The minimum atomic E-state index is -1.40. The van der Waals surface area contributed by atoms with Gasteiger partial charge in [-0.3, -0.25) is 19.2 Å². The molecular formula is C31H39N7O6S. The first kappa shape index (κ1) is 33.5. The van der Waals surface area contributed by atoms with Crippen molar-refractivity contribution in [3.63, 3.8) is 0 Å². The van der Waals surface area contributed by atoms with Crippen LogP contribution in [0.3, 0.4) is 0 Å². The van der Waals surface area contributed by atoms with Gasteiger partial charge in [-0.05, 0) is 50.0 Å². The van der Waals surface area contributed by atoms with Gasteiger partial charge in [0.15, 0.2) is 0 Å². The van der Waals surface area contributed by atoms with Crippen LogP contribution in [-0.4, -0.2) is 86.6 Å². The predicted octanol–water partition coefficient (Wildman–Crippen LogP) is 0.740. The van der Waals surface area contributed by atoms with E-state index >= 15 is 0 Å². The summed E-state index contributed by atoms with van der Waals surface area (Å²) in [4.78, 5) is 53.9. The average Bonchev–Trinajstić information content (AvgIpc) is 3.48. The van der Waals surface area contributed by atoms with Crippen molar-refractivity contribution in [3.8, 4) is 5.75 Å². The van der Waals surface area contributed by atoms with E-state index in [1.54, 1.807) is 23.0 Å². The number of rotatable bonds is 6. The molecule has 0 radical (unpaired) electrons. The van der Waals surface area contributed by atoms with Gasteiger partial charge in [0.1, 0.15) is 36.2 Å². The fourth-order valence-corrected chi connectivity index (χ4v) is 5.22. The van der Waals surface area contributed by atoms with Gasteiger partial charge in [-0.15, -0.1) is 5.10 Å². The third-order valence-corrected chi connectivity index (χ3v) is 7.84. The minimum Gasteiger partial charge on any atom is -0.491 e.